The summed E-state index contributed by atoms with van der Waals surface area (Å²) in [6, 6.07) is 0. The maximum absolute atomic E-state index is 12.1. The molecule has 1 N–H and O–H groups in total. The minimum Gasteiger partial charge on any atom is -0.475 e. The molecular formula is C14H18N6O6. The Morgan fingerprint density at radius 1 is 1.27 bits per heavy atom. The predicted octanol–water partition coefficient (Wildman–Crippen LogP) is 0.832. The quantitative estimate of drug-likeness (QED) is 0.411. The van der Waals surface area contributed by atoms with Gasteiger partial charge in [-0.15, -0.1) is 5.10 Å². The zero-order valence-corrected chi connectivity index (χ0v) is 14.5. The Bertz CT molecular complexity index is 826. The number of amides is 1. The van der Waals surface area contributed by atoms with Gasteiger partial charge in [0.25, 0.3) is 0 Å². The zero-order chi connectivity index (χ0) is 19.3. The van der Waals surface area contributed by atoms with Crippen LogP contribution in [0.2, 0.25) is 0 Å². The lowest BCUT2D eigenvalue weighted by Gasteiger charge is -2.04. The van der Waals surface area contributed by atoms with Crippen LogP contribution in [0.15, 0.2) is 12.4 Å². The van der Waals surface area contributed by atoms with Gasteiger partial charge in [0.2, 0.25) is 5.91 Å². The van der Waals surface area contributed by atoms with Crippen LogP contribution in [0.5, 0.6) is 5.88 Å². The van der Waals surface area contributed by atoms with Crippen molar-refractivity contribution >= 4 is 23.3 Å². The number of esters is 1. The van der Waals surface area contributed by atoms with E-state index in [0.29, 0.717) is 6.54 Å². The number of aryl methyl sites for hydroxylation is 2. The van der Waals surface area contributed by atoms with Crippen molar-refractivity contribution in [2.24, 2.45) is 0 Å². The van der Waals surface area contributed by atoms with Gasteiger partial charge in [-0.05, 0) is 6.92 Å². The van der Waals surface area contributed by atoms with Crippen molar-refractivity contribution in [3.63, 3.8) is 0 Å². The Hall–Kier alpha value is -3.44. The van der Waals surface area contributed by atoms with Crippen molar-refractivity contribution in [3.05, 3.63) is 28.2 Å². The molecule has 0 spiro atoms. The lowest BCUT2D eigenvalue weighted by Crippen LogP contribution is -2.16. The summed E-state index contributed by atoms with van der Waals surface area (Å²) in [6.07, 6.45) is 2.67. The molecular weight excluding hydrogens is 348 g/mol. The first-order valence-corrected chi connectivity index (χ1v) is 7.61. The van der Waals surface area contributed by atoms with E-state index in [9.17, 15) is 19.7 Å². The Morgan fingerprint density at radius 3 is 2.54 bits per heavy atom. The summed E-state index contributed by atoms with van der Waals surface area (Å²) in [6.45, 7) is 2.43. The number of nitrogens with one attached hydrogen (secondary N) is 1. The zero-order valence-electron chi connectivity index (χ0n) is 14.5. The summed E-state index contributed by atoms with van der Waals surface area (Å²) in [5, 5.41) is 21.4. The van der Waals surface area contributed by atoms with Crippen LogP contribution in [0.3, 0.4) is 0 Å². The molecule has 2 aromatic heterocycles. The molecule has 12 heteroatoms. The SMILES string of the molecule is CCn1cc(NC(=O)CCn2cc([N+](=O)[O-])c(OC)n2)c(C(=O)OC)n1. The van der Waals surface area contributed by atoms with E-state index in [0.717, 1.165) is 0 Å². The molecule has 0 saturated heterocycles. The van der Waals surface area contributed by atoms with Gasteiger partial charge >= 0.3 is 17.5 Å². The Labute approximate surface area is 147 Å². The third kappa shape index (κ3) is 4.15. The van der Waals surface area contributed by atoms with E-state index >= 15 is 0 Å². The van der Waals surface area contributed by atoms with Crippen LogP contribution in [0.4, 0.5) is 11.4 Å². The molecule has 12 nitrogen and oxygen atoms in total. The van der Waals surface area contributed by atoms with E-state index in [1.165, 1.54) is 36.0 Å². The van der Waals surface area contributed by atoms with E-state index in [-0.39, 0.29) is 35.9 Å². The van der Waals surface area contributed by atoms with Gasteiger partial charge in [-0.2, -0.15) is 5.10 Å². The van der Waals surface area contributed by atoms with Gasteiger partial charge < -0.3 is 14.8 Å². The monoisotopic (exact) mass is 366 g/mol. The molecule has 0 radical (unpaired) electrons. The number of nitrogens with zero attached hydrogens (tertiary/aromatic N) is 5. The van der Waals surface area contributed by atoms with Gasteiger partial charge in [-0.3, -0.25) is 24.3 Å². The number of methoxy groups -OCH3 is 2. The maximum atomic E-state index is 12.1. The number of hydrogen-bond acceptors (Lipinski definition) is 8. The van der Waals surface area contributed by atoms with E-state index in [1.54, 1.807) is 0 Å². The molecule has 0 aromatic carbocycles. The minimum atomic E-state index is -0.667. The fraction of sp³-hybridized carbons (Fsp3) is 0.429. The fourth-order valence-corrected chi connectivity index (χ4v) is 2.13. The molecule has 0 bridgehead atoms. The van der Waals surface area contributed by atoms with Crippen molar-refractivity contribution in [2.75, 3.05) is 19.5 Å². The van der Waals surface area contributed by atoms with Crippen LogP contribution in [-0.2, 0) is 22.6 Å². The van der Waals surface area contributed by atoms with Gasteiger partial charge in [0.1, 0.15) is 6.20 Å². The molecule has 0 aliphatic rings. The smallest absolute Gasteiger partial charge is 0.360 e. The summed E-state index contributed by atoms with van der Waals surface area (Å²) in [5.41, 5.74) is -0.0584. The highest BCUT2D eigenvalue weighted by Crippen LogP contribution is 2.24. The molecule has 2 aromatic rings. The van der Waals surface area contributed by atoms with Gasteiger partial charge in [0, 0.05) is 19.2 Å². The van der Waals surface area contributed by atoms with Crippen molar-refractivity contribution in [3.8, 4) is 5.88 Å². The molecule has 0 atom stereocenters. The lowest BCUT2D eigenvalue weighted by molar-refractivity contribution is -0.385. The van der Waals surface area contributed by atoms with Crippen LogP contribution in [0.1, 0.15) is 23.8 Å². The first-order chi connectivity index (χ1) is 12.4. The van der Waals surface area contributed by atoms with Crippen molar-refractivity contribution in [1.29, 1.82) is 0 Å². The van der Waals surface area contributed by atoms with Gasteiger partial charge in [-0.1, -0.05) is 0 Å². The first kappa shape index (κ1) is 18.9. The summed E-state index contributed by atoms with van der Waals surface area (Å²) in [5.74, 6) is -1.21. The number of aromatic nitrogens is 4. The van der Waals surface area contributed by atoms with Crippen LogP contribution in [0.25, 0.3) is 0 Å². The third-order valence-corrected chi connectivity index (χ3v) is 3.41. The number of carbonyl (C=O) groups excluding carboxylic acids is 2. The van der Waals surface area contributed by atoms with E-state index in [4.69, 9.17) is 4.74 Å². The number of anilines is 1. The van der Waals surface area contributed by atoms with Crippen molar-refractivity contribution < 1.29 is 24.0 Å². The summed E-state index contributed by atoms with van der Waals surface area (Å²) >= 11 is 0. The second-order valence-corrected chi connectivity index (χ2v) is 5.08. The standard InChI is InChI=1S/C14H18N6O6/c1-4-18-7-9(12(16-18)14(22)26-3)15-11(21)5-6-19-8-10(20(23)24)13(17-19)25-2/h7-8H,4-6H2,1-3H3,(H,15,21). The molecule has 0 fully saturated rings. The number of rotatable bonds is 8. The van der Waals surface area contributed by atoms with Gasteiger partial charge in [-0.25, -0.2) is 4.79 Å². The van der Waals surface area contributed by atoms with Gasteiger partial charge in [0.05, 0.1) is 31.4 Å². The minimum absolute atomic E-state index is 0.000837. The number of carbonyl (C=O) groups is 2. The highest BCUT2D eigenvalue weighted by Gasteiger charge is 2.21. The molecule has 0 aliphatic heterocycles. The molecule has 2 rings (SSSR count). The summed E-state index contributed by atoms with van der Waals surface area (Å²) in [7, 11) is 2.49. The topological polar surface area (TPSA) is 143 Å². The van der Waals surface area contributed by atoms with E-state index < -0.39 is 16.8 Å². The van der Waals surface area contributed by atoms with Crippen molar-refractivity contribution in [2.45, 2.75) is 26.4 Å². The molecule has 0 saturated carbocycles. The Morgan fingerprint density at radius 2 is 2.00 bits per heavy atom. The van der Waals surface area contributed by atoms with Crippen LogP contribution >= 0.6 is 0 Å². The number of hydrogen-bond donors (Lipinski definition) is 1. The summed E-state index contributed by atoms with van der Waals surface area (Å²) in [4.78, 5) is 34.1. The van der Waals surface area contributed by atoms with E-state index in [2.05, 4.69) is 20.3 Å². The Kier molecular flexibility index (Phi) is 5.88. The van der Waals surface area contributed by atoms with E-state index in [1.807, 2.05) is 6.92 Å². The lowest BCUT2D eigenvalue weighted by atomic mass is 10.3. The number of ether oxygens (including phenoxy) is 2. The highest BCUT2D eigenvalue weighted by molar-refractivity contribution is 5.99. The average molecular weight is 366 g/mol. The van der Waals surface area contributed by atoms with Crippen molar-refractivity contribution in [1.82, 2.24) is 19.6 Å². The largest absolute Gasteiger partial charge is 0.475 e. The average Bonchev–Trinajstić information content (AvgIpc) is 3.23. The molecule has 1 amide bonds. The van der Waals surface area contributed by atoms with Crippen LogP contribution in [-0.4, -0.2) is 50.6 Å². The third-order valence-electron chi connectivity index (χ3n) is 3.41. The second-order valence-electron chi connectivity index (χ2n) is 5.08. The normalized spacial score (nSPS) is 10.4. The molecule has 2 heterocycles. The van der Waals surface area contributed by atoms with Crippen LogP contribution in [0, 0.1) is 10.1 Å². The summed E-state index contributed by atoms with van der Waals surface area (Å²) < 4.78 is 12.2. The predicted molar refractivity (Wildman–Crippen MR) is 87.9 cm³/mol. The fourth-order valence-electron chi connectivity index (χ4n) is 2.13. The van der Waals surface area contributed by atoms with Crippen LogP contribution < -0.4 is 10.1 Å². The molecule has 140 valence electrons. The first-order valence-electron chi connectivity index (χ1n) is 7.61. The Balaban J connectivity index is 2.05. The molecule has 26 heavy (non-hydrogen) atoms. The maximum Gasteiger partial charge on any atom is 0.360 e. The number of nitro groups is 1. The second kappa shape index (κ2) is 8.09. The molecule has 0 aliphatic carbocycles. The molecule has 0 unspecified atom stereocenters. The van der Waals surface area contributed by atoms with Gasteiger partial charge in [0.15, 0.2) is 5.69 Å². The highest BCUT2D eigenvalue weighted by atomic mass is 16.6.